The minimum atomic E-state index is -0.343. The van der Waals surface area contributed by atoms with Gasteiger partial charge < -0.3 is 11.1 Å². The van der Waals surface area contributed by atoms with Crippen molar-refractivity contribution in [2.75, 3.05) is 11.1 Å². The number of nitrogen functional groups attached to an aromatic ring is 1. The molecule has 11 aromatic carbocycles. The van der Waals surface area contributed by atoms with Gasteiger partial charge >= 0.3 is 0 Å². The molecule has 0 heterocycles. The second kappa shape index (κ2) is 20.9. The topological polar surface area (TPSA) is 38.0 Å². The fourth-order valence-electron chi connectivity index (χ4n) is 9.86. The van der Waals surface area contributed by atoms with Gasteiger partial charge in [-0.25, -0.2) is 0 Å². The normalized spacial score (nSPS) is 11.7. The molecule has 0 aromatic heterocycles. The van der Waals surface area contributed by atoms with Crippen LogP contribution in [0.5, 0.6) is 0 Å². The number of hydrogen-bond donors (Lipinski definition) is 2. The number of hydrogen-bond acceptors (Lipinski definition) is 2. The lowest BCUT2D eigenvalue weighted by molar-refractivity contribution is 0.768. The summed E-state index contributed by atoms with van der Waals surface area (Å²) in [6.45, 7) is 2.18. The fraction of sp³-hybridized carbons (Fsp3) is 0.0294. The lowest BCUT2D eigenvalue weighted by Gasteiger charge is -2.33. The van der Waals surface area contributed by atoms with Crippen LogP contribution in [0.2, 0.25) is 0 Å². The van der Waals surface area contributed by atoms with Gasteiger partial charge in [0.25, 0.3) is 0 Å². The molecule has 11 aromatic rings. The molecule has 336 valence electrons. The number of anilines is 3. The highest BCUT2D eigenvalue weighted by Crippen LogP contribution is 2.57. The molecule has 1 aliphatic rings. The summed E-state index contributed by atoms with van der Waals surface area (Å²) < 4.78 is 0. The van der Waals surface area contributed by atoms with Crippen molar-refractivity contribution in [2.45, 2.75) is 12.3 Å². The Morgan fingerprint density at radius 3 is 1.14 bits per heavy atom. The van der Waals surface area contributed by atoms with E-state index < -0.39 is 0 Å². The number of nitrogens with one attached hydrogen (secondary N) is 1. The van der Waals surface area contributed by atoms with Gasteiger partial charge in [-0.1, -0.05) is 261 Å². The largest absolute Gasteiger partial charge is 0.398 e. The van der Waals surface area contributed by atoms with Gasteiger partial charge in [0.15, 0.2) is 0 Å². The van der Waals surface area contributed by atoms with Gasteiger partial charge in [0, 0.05) is 22.6 Å². The quantitative estimate of drug-likeness (QED) is 0.149. The highest BCUT2D eigenvalue weighted by atomic mass is 14.9. The molecule has 0 aliphatic heterocycles. The molecular weight excluding hydrogens is 845 g/mol. The van der Waals surface area contributed by atoms with Gasteiger partial charge in [0.1, 0.15) is 0 Å². The van der Waals surface area contributed by atoms with E-state index in [1.54, 1.807) is 0 Å². The molecule has 0 bridgehead atoms. The maximum atomic E-state index is 6.46. The van der Waals surface area contributed by atoms with Crippen LogP contribution in [0.3, 0.4) is 0 Å². The first-order chi connectivity index (χ1) is 34.6. The number of aryl methyl sites for hydroxylation is 1. The summed E-state index contributed by atoms with van der Waals surface area (Å²) in [6, 6.07) is 102. The molecule has 2 heteroatoms. The van der Waals surface area contributed by atoms with Gasteiger partial charge in [-0.15, -0.1) is 0 Å². The Hall–Kier alpha value is -8.98. The Labute approximate surface area is 413 Å². The highest BCUT2D eigenvalue weighted by Gasteiger charge is 2.46. The van der Waals surface area contributed by atoms with Crippen LogP contribution in [-0.2, 0) is 5.41 Å². The third kappa shape index (κ3) is 9.45. The molecule has 0 amide bonds. The van der Waals surface area contributed by atoms with E-state index >= 15 is 0 Å². The van der Waals surface area contributed by atoms with Crippen molar-refractivity contribution in [1.82, 2.24) is 0 Å². The zero-order chi connectivity index (χ0) is 47.5. The molecule has 2 nitrogen and oxygen atoms in total. The van der Waals surface area contributed by atoms with Crippen molar-refractivity contribution in [3.63, 3.8) is 0 Å². The third-order valence-corrected chi connectivity index (χ3v) is 13.2. The smallest absolute Gasteiger partial charge is 0.0714 e. The molecule has 0 unspecified atom stereocenters. The first-order valence-corrected chi connectivity index (χ1v) is 24.0. The predicted octanol–water partition coefficient (Wildman–Crippen LogP) is 17.7. The summed E-state index contributed by atoms with van der Waals surface area (Å²) in [7, 11) is 0. The average molecular weight is 899 g/mol. The summed E-state index contributed by atoms with van der Waals surface area (Å²) in [5, 5.41) is 3.46. The molecule has 0 spiro atoms. The van der Waals surface area contributed by atoms with E-state index in [0.29, 0.717) is 0 Å². The standard InChI is InChI=1S/C25H19N.C24H19N.C19H16/c26-23-17-9-16-22-24(23)20-14-7-8-15-21(20)25(22,18-10-3-1-4-11-18)19-12-5-2-6-13-19;1-3-7-19(8-4-1)21-11-15-23(16-12-21)25-24-17-13-22(14-18-24)20-9-5-2-6-10-20;1-15-14-18(16-8-4-2-5-9-16)12-13-19(15)17-10-6-3-7-11-17/h1-17H,26H2;1-18,25H;2-14H,1H3. The van der Waals surface area contributed by atoms with Crippen LogP contribution < -0.4 is 11.1 Å². The second-order valence-electron chi connectivity index (χ2n) is 17.6. The van der Waals surface area contributed by atoms with Crippen LogP contribution in [-0.4, -0.2) is 0 Å². The van der Waals surface area contributed by atoms with E-state index in [-0.39, 0.29) is 5.41 Å². The van der Waals surface area contributed by atoms with Crippen LogP contribution in [0.1, 0.15) is 27.8 Å². The molecule has 0 atom stereocenters. The molecular formula is C68H54N2. The summed E-state index contributed by atoms with van der Waals surface area (Å²) in [6.07, 6.45) is 0. The molecule has 3 N–H and O–H groups in total. The van der Waals surface area contributed by atoms with E-state index in [1.807, 2.05) is 18.2 Å². The second-order valence-corrected chi connectivity index (χ2v) is 17.6. The van der Waals surface area contributed by atoms with E-state index in [1.165, 1.54) is 77.9 Å². The van der Waals surface area contributed by atoms with Crippen molar-refractivity contribution in [2.24, 2.45) is 0 Å². The summed E-state index contributed by atoms with van der Waals surface area (Å²) >= 11 is 0. The molecule has 0 fully saturated rings. The SMILES string of the molecule is Cc1cc(-c2ccccc2)ccc1-c1ccccc1.Nc1cccc2c1-c1ccccc1C2(c1ccccc1)c1ccccc1.c1ccc(-c2ccc(Nc3ccc(-c4ccccc4)cc3)cc2)cc1. The molecule has 0 saturated heterocycles. The zero-order valence-electron chi connectivity index (χ0n) is 39.3. The van der Waals surface area contributed by atoms with E-state index in [9.17, 15) is 0 Å². The number of rotatable bonds is 8. The number of fused-ring (bicyclic) bond motifs is 3. The average Bonchev–Trinajstić information content (AvgIpc) is 3.75. The Bertz CT molecular complexity index is 3290. The van der Waals surface area contributed by atoms with Gasteiger partial charge in [0.2, 0.25) is 0 Å². The zero-order valence-corrected chi connectivity index (χ0v) is 39.3. The van der Waals surface area contributed by atoms with Crippen LogP contribution in [0.4, 0.5) is 17.1 Å². The van der Waals surface area contributed by atoms with Crippen molar-refractivity contribution in [3.8, 4) is 55.6 Å². The van der Waals surface area contributed by atoms with Crippen molar-refractivity contribution < 1.29 is 0 Å². The van der Waals surface area contributed by atoms with Gasteiger partial charge in [-0.3, -0.25) is 0 Å². The molecule has 0 radical (unpaired) electrons. The predicted molar refractivity (Wildman–Crippen MR) is 297 cm³/mol. The first-order valence-electron chi connectivity index (χ1n) is 24.0. The minimum absolute atomic E-state index is 0.343. The van der Waals surface area contributed by atoms with Gasteiger partial charge in [0.05, 0.1) is 5.41 Å². The van der Waals surface area contributed by atoms with E-state index in [4.69, 9.17) is 5.73 Å². The summed E-state index contributed by atoms with van der Waals surface area (Å²) in [5.41, 5.74) is 28.0. The Morgan fingerprint density at radius 2 is 0.671 bits per heavy atom. The Kier molecular flexibility index (Phi) is 13.4. The Balaban J connectivity index is 0.000000123. The first kappa shape index (κ1) is 44.8. The summed E-state index contributed by atoms with van der Waals surface area (Å²) in [4.78, 5) is 0. The monoisotopic (exact) mass is 898 g/mol. The maximum Gasteiger partial charge on any atom is 0.0714 e. The summed E-state index contributed by atoms with van der Waals surface area (Å²) in [5.74, 6) is 0. The number of nitrogens with two attached hydrogens (primary N) is 1. The third-order valence-electron chi connectivity index (χ3n) is 13.2. The highest BCUT2D eigenvalue weighted by molar-refractivity contribution is 5.92. The van der Waals surface area contributed by atoms with Crippen LogP contribution in [0.15, 0.2) is 291 Å². The van der Waals surface area contributed by atoms with E-state index in [2.05, 4.69) is 285 Å². The minimum Gasteiger partial charge on any atom is -0.398 e. The molecule has 12 rings (SSSR count). The lowest BCUT2D eigenvalue weighted by Crippen LogP contribution is -2.28. The lowest BCUT2D eigenvalue weighted by atomic mass is 9.68. The molecule has 0 saturated carbocycles. The van der Waals surface area contributed by atoms with Crippen molar-refractivity contribution in [3.05, 3.63) is 319 Å². The van der Waals surface area contributed by atoms with Crippen LogP contribution in [0, 0.1) is 6.92 Å². The van der Waals surface area contributed by atoms with Crippen molar-refractivity contribution >= 4 is 17.1 Å². The van der Waals surface area contributed by atoms with Crippen molar-refractivity contribution in [1.29, 1.82) is 0 Å². The van der Waals surface area contributed by atoms with E-state index in [0.717, 1.165) is 22.6 Å². The maximum absolute atomic E-state index is 6.46. The molecule has 1 aliphatic carbocycles. The fourth-order valence-corrected chi connectivity index (χ4v) is 9.86. The van der Waals surface area contributed by atoms with Crippen LogP contribution >= 0.6 is 0 Å². The van der Waals surface area contributed by atoms with Gasteiger partial charge in [-0.05, 0) is 115 Å². The number of benzene rings is 11. The van der Waals surface area contributed by atoms with Crippen LogP contribution in [0.25, 0.3) is 55.6 Å². The van der Waals surface area contributed by atoms with Gasteiger partial charge in [-0.2, -0.15) is 0 Å². The molecule has 70 heavy (non-hydrogen) atoms. The Morgan fingerprint density at radius 1 is 0.300 bits per heavy atom.